The van der Waals surface area contributed by atoms with Crippen molar-refractivity contribution < 1.29 is 14.5 Å². The third-order valence-corrected chi connectivity index (χ3v) is 3.67. The first-order valence-corrected chi connectivity index (χ1v) is 7.85. The van der Waals surface area contributed by atoms with Gasteiger partial charge in [0.2, 0.25) is 5.91 Å². The van der Waals surface area contributed by atoms with E-state index in [0.717, 1.165) is 5.56 Å². The lowest BCUT2D eigenvalue weighted by Crippen LogP contribution is -2.39. The number of carbonyl (C=O) groups excluding carboxylic acids is 2. The molecule has 0 aliphatic heterocycles. The van der Waals surface area contributed by atoms with Gasteiger partial charge in [-0.15, -0.1) is 0 Å². The fourth-order valence-corrected chi connectivity index (χ4v) is 2.31. The molecule has 1 N–H and O–H groups in total. The van der Waals surface area contributed by atoms with Gasteiger partial charge in [-0.25, -0.2) is 0 Å². The van der Waals surface area contributed by atoms with Gasteiger partial charge in [0.15, 0.2) is 0 Å². The lowest BCUT2D eigenvalue weighted by atomic mass is 10.2. The van der Waals surface area contributed by atoms with Gasteiger partial charge in [-0.3, -0.25) is 19.7 Å². The van der Waals surface area contributed by atoms with Crippen molar-refractivity contribution in [3.63, 3.8) is 0 Å². The Hall–Kier alpha value is -3.22. The maximum atomic E-state index is 12.3. The van der Waals surface area contributed by atoms with Crippen LogP contribution < -0.4 is 5.32 Å². The summed E-state index contributed by atoms with van der Waals surface area (Å²) in [6, 6.07) is 14.9. The van der Waals surface area contributed by atoms with Crippen molar-refractivity contribution in [2.45, 2.75) is 13.5 Å². The second kappa shape index (κ2) is 8.58. The zero-order valence-electron chi connectivity index (χ0n) is 13.8. The molecule has 0 aromatic heterocycles. The molecule has 0 saturated heterocycles. The monoisotopic (exact) mass is 341 g/mol. The largest absolute Gasteiger partial charge is 0.343 e. The topological polar surface area (TPSA) is 92.6 Å². The molecule has 2 aromatic rings. The number of nitro groups is 1. The second-order valence-electron chi connectivity index (χ2n) is 5.38. The van der Waals surface area contributed by atoms with Gasteiger partial charge in [-0.1, -0.05) is 36.4 Å². The number of rotatable bonds is 7. The molecule has 25 heavy (non-hydrogen) atoms. The molecule has 7 heteroatoms. The smallest absolute Gasteiger partial charge is 0.270 e. The molecular weight excluding hydrogens is 322 g/mol. The van der Waals surface area contributed by atoms with Crippen molar-refractivity contribution in [3.05, 3.63) is 75.8 Å². The number of benzene rings is 2. The Balaban J connectivity index is 1.94. The van der Waals surface area contributed by atoms with Gasteiger partial charge in [-0.05, 0) is 18.6 Å². The van der Waals surface area contributed by atoms with Gasteiger partial charge < -0.3 is 10.2 Å². The standard InChI is InChI=1S/C18H19N3O4/c1-2-20(13-14-7-4-3-5-8-14)17(22)12-19-18(23)15-9-6-10-16(11-15)21(24)25/h3-11H,2,12-13H2,1H3,(H,19,23). The van der Waals surface area contributed by atoms with Crippen LogP contribution in [-0.4, -0.2) is 34.7 Å². The highest BCUT2D eigenvalue weighted by molar-refractivity contribution is 5.96. The molecule has 0 aliphatic carbocycles. The molecule has 0 radical (unpaired) electrons. The lowest BCUT2D eigenvalue weighted by Gasteiger charge is -2.21. The average molecular weight is 341 g/mol. The molecule has 0 spiro atoms. The molecule has 0 fully saturated rings. The Labute approximate surface area is 145 Å². The number of nitro benzene ring substituents is 1. The van der Waals surface area contributed by atoms with Gasteiger partial charge in [0.05, 0.1) is 11.5 Å². The SMILES string of the molecule is CCN(Cc1ccccc1)C(=O)CNC(=O)c1cccc([N+](=O)[O-])c1. The first-order chi connectivity index (χ1) is 12.0. The summed E-state index contributed by atoms with van der Waals surface area (Å²) in [4.78, 5) is 36.2. The second-order valence-corrected chi connectivity index (χ2v) is 5.38. The Morgan fingerprint density at radius 1 is 1.12 bits per heavy atom. The molecule has 2 rings (SSSR count). The van der Waals surface area contributed by atoms with E-state index in [2.05, 4.69) is 5.32 Å². The van der Waals surface area contributed by atoms with Crippen LogP contribution in [0.25, 0.3) is 0 Å². The highest BCUT2D eigenvalue weighted by Crippen LogP contribution is 2.13. The van der Waals surface area contributed by atoms with E-state index < -0.39 is 10.8 Å². The first-order valence-electron chi connectivity index (χ1n) is 7.85. The van der Waals surface area contributed by atoms with Crippen LogP contribution in [0.4, 0.5) is 5.69 Å². The van der Waals surface area contributed by atoms with Crippen LogP contribution >= 0.6 is 0 Å². The van der Waals surface area contributed by atoms with Crippen molar-refractivity contribution >= 4 is 17.5 Å². The summed E-state index contributed by atoms with van der Waals surface area (Å²) in [7, 11) is 0. The van der Waals surface area contributed by atoms with Crippen LogP contribution in [0.5, 0.6) is 0 Å². The Bertz CT molecular complexity index is 762. The molecular formula is C18H19N3O4. The number of non-ortho nitro benzene ring substituents is 1. The van der Waals surface area contributed by atoms with Gasteiger partial charge in [0.1, 0.15) is 0 Å². The zero-order valence-corrected chi connectivity index (χ0v) is 13.8. The Morgan fingerprint density at radius 3 is 2.48 bits per heavy atom. The number of hydrogen-bond acceptors (Lipinski definition) is 4. The van der Waals surface area contributed by atoms with Crippen LogP contribution in [0.2, 0.25) is 0 Å². The minimum atomic E-state index is -0.569. The number of hydrogen-bond donors (Lipinski definition) is 1. The average Bonchev–Trinajstić information content (AvgIpc) is 2.64. The molecule has 0 saturated carbocycles. The Kier molecular flexibility index (Phi) is 6.22. The van der Waals surface area contributed by atoms with E-state index in [0.29, 0.717) is 13.1 Å². The summed E-state index contributed by atoms with van der Waals surface area (Å²) < 4.78 is 0. The summed E-state index contributed by atoms with van der Waals surface area (Å²) in [6.07, 6.45) is 0. The van der Waals surface area contributed by atoms with E-state index in [9.17, 15) is 19.7 Å². The maximum absolute atomic E-state index is 12.3. The summed E-state index contributed by atoms with van der Waals surface area (Å²) in [5.74, 6) is -0.738. The fraction of sp³-hybridized carbons (Fsp3) is 0.222. The minimum absolute atomic E-state index is 0.146. The lowest BCUT2D eigenvalue weighted by molar-refractivity contribution is -0.384. The highest BCUT2D eigenvalue weighted by Gasteiger charge is 2.15. The van der Waals surface area contributed by atoms with Crippen molar-refractivity contribution in [2.24, 2.45) is 0 Å². The molecule has 0 aliphatic rings. The normalized spacial score (nSPS) is 10.1. The van der Waals surface area contributed by atoms with E-state index in [1.54, 1.807) is 4.90 Å². The van der Waals surface area contributed by atoms with E-state index in [1.165, 1.54) is 24.3 Å². The molecule has 0 bridgehead atoms. The van der Waals surface area contributed by atoms with E-state index in [4.69, 9.17) is 0 Å². The minimum Gasteiger partial charge on any atom is -0.343 e. The fourth-order valence-electron chi connectivity index (χ4n) is 2.31. The van der Waals surface area contributed by atoms with Crippen LogP contribution in [0.15, 0.2) is 54.6 Å². The predicted octanol–water partition coefficient (Wildman–Crippen LogP) is 2.37. The third-order valence-electron chi connectivity index (χ3n) is 3.67. The number of nitrogens with zero attached hydrogens (tertiary/aromatic N) is 2. The van der Waals surface area contributed by atoms with Crippen molar-refractivity contribution in [1.82, 2.24) is 10.2 Å². The predicted molar refractivity (Wildman–Crippen MR) is 93.0 cm³/mol. The summed E-state index contributed by atoms with van der Waals surface area (Å²) >= 11 is 0. The van der Waals surface area contributed by atoms with Gasteiger partial charge in [-0.2, -0.15) is 0 Å². The molecule has 0 atom stereocenters. The maximum Gasteiger partial charge on any atom is 0.270 e. The third kappa shape index (κ3) is 5.13. The Morgan fingerprint density at radius 2 is 1.84 bits per heavy atom. The molecule has 0 heterocycles. The van der Waals surface area contributed by atoms with E-state index >= 15 is 0 Å². The van der Waals surface area contributed by atoms with E-state index in [-0.39, 0.29) is 23.7 Å². The van der Waals surface area contributed by atoms with Crippen molar-refractivity contribution in [3.8, 4) is 0 Å². The van der Waals surface area contributed by atoms with Crippen LogP contribution in [-0.2, 0) is 11.3 Å². The van der Waals surface area contributed by atoms with Gasteiger partial charge >= 0.3 is 0 Å². The number of amides is 2. The number of nitrogens with one attached hydrogen (secondary N) is 1. The molecule has 2 aromatic carbocycles. The first kappa shape index (κ1) is 18.1. The van der Waals surface area contributed by atoms with Gasteiger partial charge in [0, 0.05) is 30.8 Å². The zero-order chi connectivity index (χ0) is 18.2. The van der Waals surface area contributed by atoms with Gasteiger partial charge in [0.25, 0.3) is 11.6 Å². The molecule has 2 amide bonds. The number of carbonyl (C=O) groups is 2. The highest BCUT2D eigenvalue weighted by atomic mass is 16.6. The van der Waals surface area contributed by atoms with Crippen LogP contribution in [0.3, 0.4) is 0 Å². The molecule has 130 valence electrons. The summed E-state index contributed by atoms with van der Waals surface area (Å²) in [6.45, 7) is 2.68. The molecule has 7 nitrogen and oxygen atoms in total. The number of likely N-dealkylation sites (N-methyl/N-ethyl adjacent to an activating group) is 1. The molecule has 0 unspecified atom stereocenters. The van der Waals surface area contributed by atoms with Crippen LogP contribution in [0, 0.1) is 10.1 Å². The summed E-state index contributed by atoms with van der Waals surface area (Å²) in [5, 5.41) is 13.3. The van der Waals surface area contributed by atoms with Crippen molar-refractivity contribution in [2.75, 3.05) is 13.1 Å². The summed E-state index contributed by atoms with van der Waals surface area (Å²) in [5.41, 5.74) is 0.981. The quantitative estimate of drug-likeness (QED) is 0.618. The van der Waals surface area contributed by atoms with E-state index in [1.807, 2.05) is 37.3 Å². The van der Waals surface area contributed by atoms with Crippen LogP contribution in [0.1, 0.15) is 22.8 Å². The van der Waals surface area contributed by atoms with Crippen molar-refractivity contribution in [1.29, 1.82) is 0 Å².